The van der Waals surface area contributed by atoms with Gasteiger partial charge in [-0.15, -0.1) is 0 Å². The van der Waals surface area contributed by atoms with Crippen LogP contribution in [0.2, 0.25) is 0 Å². The van der Waals surface area contributed by atoms with E-state index in [2.05, 4.69) is 9.97 Å². The van der Waals surface area contributed by atoms with Crippen LogP contribution in [0.15, 0.2) is 12.3 Å². The summed E-state index contributed by atoms with van der Waals surface area (Å²) in [6.45, 7) is 1.64. The first-order valence-electron chi connectivity index (χ1n) is 7.56. The van der Waals surface area contributed by atoms with Crippen molar-refractivity contribution >= 4 is 17.7 Å². The summed E-state index contributed by atoms with van der Waals surface area (Å²) in [5, 5.41) is 9.09. The molecule has 0 spiro atoms. The molecule has 2 saturated heterocycles. The van der Waals surface area contributed by atoms with Gasteiger partial charge >= 0.3 is 12.1 Å². The van der Waals surface area contributed by atoms with E-state index < -0.39 is 30.5 Å². The summed E-state index contributed by atoms with van der Waals surface area (Å²) >= 11 is 0. The fourth-order valence-electron chi connectivity index (χ4n) is 3.00. The van der Waals surface area contributed by atoms with E-state index in [0.29, 0.717) is 38.1 Å². The molecule has 2 aliphatic heterocycles. The number of carboxylic acids is 1. The second-order valence-corrected chi connectivity index (χ2v) is 5.81. The SMILES string of the molecule is O=C(O)[C@@H]1CN(c2ccnc(N3CCOCC3)n2)C[C@H]1C(F)(F)F. The van der Waals surface area contributed by atoms with E-state index in [1.54, 1.807) is 0 Å². The van der Waals surface area contributed by atoms with E-state index in [1.165, 1.54) is 17.2 Å². The van der Waals surface area contributed by atoms with Crippen LogP contribution in [0.4, 0.5) is 24.9 Å². The van der Waals surface area contributed by atoms with Gasteiger partial charge in [0.2, 0.25) is 5.95 Å². The molecule has 0 radical (unpaired) electrons. The summed E-state index contributed by atoms with van der Waals surface area (Å²) in [5.74, 6) is -4.12. The molecule has 1 aromatic rings. The summed E-state index contributed by atoms with van der Waals surface area (Å²) in [5.41, 5.74) is 0. The highest BCUT2D eigenvalue weighted by atomic mass is 19.4. The Morgan fingerprint density at radius 3 is 2.54 bits per heavy atom. The van der Waals surface area contributed by atoms with Crippen LogP contribution < -0.4 is 9.80 Å². The third kappa shape index (κ3) is 3.37. The Labute approximate surface area is 136 Å². The molecule has 3 heterocycles. The quantitative estimate of drug-likeness (QED) is 0.875. The molecule has 0 saturated carbocycles. The second kappa shape index (κ2) is 6.42. The zero-order chi connectivity index (χ0) is 17.3. The fourth-order valence-corrected chi connectivity index (χ4v) is 3.00. The van der Waals surface area contributed by atoms with Crippen molar-refractivity contribution in [2.45, 2.75) is 6.18 Å². The average molecular weight is 346 g/mol. The number of morpholine rings is 1. The first kappa shape index (κ1) is 16.7. The van der Waals surface area contributed by atoms with Gasteiger partial charge in [0.25, 0.3) is 0 Å². The Kier molecular flexibility index (Phi) is 4.48. The summed E-state index contributed by atoms with van der Waals surface area (Å²) in [4.78, 5) is 22.9. The van der Waals surface area contributed by atoms with Crippen molar-refractivity contribution in [2.75, 3.05) is 49.2 Å². The van der Waals surface area contributed by atoms with E-state index in [4.69, 9.17) is 9.84 Å². The Hall–Kier alpha value is -2.10. The van der Waals surface area contributed by atoms with E-state index in [0.717, 1.165) is 0 Å². The largest absolute Gasteiger partial charge is 0.481 e. The molecule has 0 bridgehead atoms. The minimum absolute atomic E-state index is 0.223. The maximum atomic E-state index is 13.1. The lowest BCUT2D eigenvalue weighted by Crippen LogP contribution is -2.37. The Morgan fingerprint density at radius 1 is 1.25 bits per heavy atom. The van der Waals surface area contributed by atoms with Crippen LogP contribution in [-0.2, 0) is 9.53 Å². The van der Waals surface area contributed by atoms with Crippen LogP contribution in [0.5, 0.6) is 0 Å². The lowest BCUT2D eigenvalue weighted by molar-refractivity contribution is -0.187. The maximum absolute atomic E-state index is 13.1. The number of ether oxygens (including phenoxy) is 1. The van der Waals surface area contributed by atoms with E-state index >= 15 is 0 Å². The Balaban J connectivity index is 1.80. The predicted molar refractivity (Wildman–Crippen MR) is 77.9 cm³/mol. The Morgan fingerprint density at radius 2 is 1.96 bits per heavy atom. The molecule has 0 aliphatic carbocycles. The summed E-state index contributed by atoms with van der Waals surface area (Å²) < 4.78 is 44.5. The Bertz CT molecular complexity index is 607. The standard InChI is InChI=1S/C14H17F3N4O3/c15-14(16,17)10-8-21(7-9(10)12(22)23)11-1-2-18-13(19-11)20-3-5-24-6-4-20/h1-2,9-10H,3-8H2,(H,22,23)/t9-,10-/m1/s1. The first-order chi connectivity index (χ1) is 11.4. The van der Waals surface area contributed by atoms with E-state index in [1.807, 2.05) is 4.90 Å². The van der Waals surface area contributed by atoms with E-state index in [9.17, 15) is 18.0 Å². The zero-order valence-electron chi connectivity index (χ0n) is 12.7. The molecule has 0 unspecified atom stereocenters. The van der Waals surface area contributed by atoms with Gasteiger partial charge in [0, 0.05) is 32.4 Å². The predicted octanol–water partition coefficient (Wildman–Crippen LogP) is 1.01. The highest BCUT2D eigenvalue weighted by molar-refractivity contribution is 5.72. The number of carboxylic acid groups (broad SMARTS) is 1. The maximum Gasteiger partial charge on any atom is 0.394 e. The topological polar surface area (TPSA) is 78.8 Å². The highest BCUT2D eigenvalue weighted by Crippen LogP contribution is 2.39. The number of anilines is 2. The minimum Gasteiger partial charge on any atom is -0.481 e. The van der Waals surface area contributed by atoms with Gasteiger partial charge in [-0.3, -0.25) is 4.79 Å². The molecule has 132 valence electrons. The third-order valence-corrected chi connectivity index (χ3v) is 4.30. The van der Waals surface area contributed by atoms with Gasteiger partial charge in [0.05, 0.1) is 25.0 Å². The molecule has 2 aliphatic rings. The number of aromatic nitrogens is 2. The molecule has 0 amide bonds. The number of alkyl halides is 3. The number of hydrogen-bond acceptors (Lipinski definition) is 6. The number of halogens is 3. The van der Waals surface area contributed by atoms with Gasteiger partial charge in [0.15, 0.2) is 0 Å². The van der Waals surface area contributed by atoms with Crippen LogP contribution in [0.1, 0.15) is 0 Å². The molecule has 2 atom stereocenters. The molecule has 0 aromatic carbocycles. The van der Waals surface area contributed by atoms with Crippen molar-refractivity contribution in [3.8, 4) is 0 Å². The van der Waals surface area contributed by atoms with Crippen LogP contribution in [-0.4, -0.2) is 66.6 Å². The third-order valence-electron chi connectivity index (χ3n) is 4.30. The molecular weight excluding hydrogens is 329 g/mol. The lowest BCUT2D eigenvalue weighted by atomic mass is 9.96. The highest BCUT2D eigenvalue weighted by Gasteiger charge is 2.52. The first-order valence-corrected chi connectivity index (χ1v) is 7.56. The molecule has 2 fully saturated rings. The average Bonchev–Trinajstić information content (AvgIpc) is 3.02. The van der Waals surface area contributed by atoms with Gasteiger partial charge in [-0.2, -0.15) is 18.2 Å². The molecule has 10 heteroatoms. The van der Waals surface area contributed by atoms with Crippen LogP contribution in [0.25, 0.3) is 0 Å². The molecule has 24 heavy (non-hydrogen) atoms. The van der Waals surface area contributed by atoms with Crippen LogP contribution >= 0.6 is 0 Å². The molecular formula is C14H17F3N4O3. The summed E-state index contributed by atoms with van der Waals surface area (Å²) in [7, 11) is 0. The van der Waals surface area contributed by atoms with Gasteiger partial charge < -0.3 is 19.6 Å². The monoisotopic (exact) mass is 346 g/mol. The van der Waals surface area contributed by atoms with Crippen molar-refractivity contribution in [2.24, 2.45) is 11.8 Å². The fraction of sp³-hybridized carbons (Fsp3) is 0.643. The van der Waals surface area contributed by atoms with Crippen molar-refractivity contribution in [3.05, 3.63) is 12.3 Å². The van der Waals surface area contributed by atoms with Crippen molar-refractivity contribution in [3.63, 3.8) is 0 Å². The lowest BCUT2D eigenvalue weighted by Gasteiger charge is -2.27. The van der Waals surface area contributed by atoms with Gasteiger partial charge in [0.1, 0.15) is 5.82 Å². The normalized spacial score (nSPS) is 25.1. The van der Waals surface area contributed by atoms with Crippen LogP contribution in [0.3, 0.4) is 0 Å². The smallest absolute Gasteiger partial charge is 0.394 e. The summed E-state index contributed by atoms with van der Waals surface area (Å²) in [6.07, 6.45) is -3.08. The number of nitrogens with zero attached hydrogens (tertiary/aromatic N) is 4. The molecule has 1 aromatic heterocycles. The summed E-state index contributed by atoms with van der Waals surface area (Å²) in [6, 6.07) is 1.50. The van der Waals surface area contributed by atoms with E-state index in [-0.39, 0.29) is 6.54 Å². The second-order valence-electron chi connectivity index (χ2n) is 5.81. The number of aliphatic carboxylic acids is 1. The number of hydrogen-bond donors (Lipinski definition) is 1. The van der Waals surface area contributed by atoms with Crippen LogP contribution in [0, 0.1) is 11.8 Å². The minimum atomic E-state index is -4.56. The molecule has 7 nitrogen and oxygen atoms in total. The zero-order valence-corrected chi connectivity index (χ0v) is 12.7. The van der Waals surface area contributed by atoms with Crippen molar-refractivity contribution in [1.82, 2.24) is 9.97 Å². The molecule has 1 N–H and O–H groups in total. The van der Waals surface area contributed by atoms with Crippen molar-refractivity contribution in [1.29, 1.82) is 0 Å². The van der Waals surface area contributed by atoms with Gasteiger partial charge in [-0.05, 0) is 6.07 Å². The van der Waals surface area contributed by atoms with Gasteiger partial charge in [-0.25, -0.2) is 4.98 Å². The van der Waals surface area contributed by atoms with Gasteiger partial charge in [-0.1, -0.05) is 0 Å². The molecule has 3 rings (SSSR count). The number of carbonyl (C=O) groups is 1. The van der Waals surface area contributed by atoms with Crippen molar-refractivity contribution < 1.29 is 27.8 Å². The number of rotatable bonds is 3.